The minimum atomic E-state index is 0.238. The first-order chi connectivity index (χ1) is 11.8. The number of rotatable bonds is 10. The summed E-state index contributed by atoms with van der Waals surface area (Å²) in [6.07, 6.45) is 8.68. The van der Waals surface area contributed by atoms with Crippen molar-refractivity contribution in [2.24, 2.45) is 5.92 Å². The van der Waals surface area contributed by atoms with Gasteiger partial charge in [0.05, 0.1) is 6.61 Å². The van der Waals surface area contributed by atoms with Crippen molar-refractivity contribution >= 4 is 5.78 Å². The van der Waals surface area contributed by atoms with Crippen molar-refractivity contribution in [3.8, 4) is 0 Å². The average molecular weight is 329 g/mol. The van der Waals surface area contributed by atoms with Gasteiger partial charge in [-0.3, -0.25) is 9.69 Å². The molecule has 1 saturated heterocycles. The summed E-state index contributed by atoms with van der Waals surface area (Å²) in [5, 5.41) is 0. The monoisotopic (exact) mass is 329 g/mol. The number of carbonyl (C=O) groups is 1. The molecule has 0 N–H and O–H groups in total. The molecule has 1 fully saturated rings. The van der Waals surface area contributed by atoms with Crippen LogP contribution < -0.4 is 0 Å². The molecular weight excluding hydrogens is 298 g/mol. The Hall–Kier alpha value is -1.45. The number of piperidine rings is 1. The van der Waals surface area contributed by atoms with Gasteiger partial charge in [0, 0.05) is 19.6 Å². The van der Waals surface area contributed by atoms with E-state index in [1.54, 1.807) is 6.08 Å². The molecule has 0 atom stereocenters. The second kappa shape index (κ2) is 11.2. The van der Waals surface area contributed by atoms with E-state index in [1.165, 1.54) is 18.4 Å². The number of benzene rings is 1. The minimum Gasteiger partial charge on any atom is -0.377 e. The fourth-order valence-corrected chi connectivity index (χ4v) is 3.18. The van der Waals surface area contributed by atoms with Crippen molar-refractivity contribution in [1.82, 2.24) is 4.90 Å². The number of likely N-dealkylation sites (tertiary alicyclic amines) is 1. The van der Waals surface area contributed by atoms with Gasteiger partial charge in [0.2, 0.25) is 0 Å². The lowest BCUT2D eigenvalue weighted by atomic mass is 9.91. The Labute approximate surface area is 146 Å². The van der Waals surface area contributed by atoms with E-state index in [-0.39, 0.29) is 5.78 Å². The van der Waals surface area contributed by atoms with E-state index in [0.717, 1.165) is 39.1 Å². The Morgan fingerprint density at radius 2 is 2.00 bits per heavy atom. The summed E-state index contributed by atoms with van der Waals surface area (Å²) in [6.45, 7) is 6.74. The van der Waals surface area contributed by atoms with Crippen LogP contribution in [0, 0.1) is 5.92 Å². The van der Waals surface area contributed by atoms with Gasteiger partial charge in [0.1, 0.15) is 0 Å². The zero-order valence-corrected chi connectivity index (χ0v) is 15.0. The molecule has 0 amide bonds. The maximum atomic E-state index is 11.9. The number of ether oxygens (including phenoxy) is 1. The Bertz CT molecular complexity index is 490. The quantitative estimate of drug-likeness (QED) is 0.475. The summed E-state index contributed by atoms with van der Waals surface area (Å²) in [4.78, 5) is 14.4. The third-order valence-electron chi connectivity index (χ3n) is 4.62. The Kier molecular flexibility index (Phi) is 8.78. The lowest BCUT2D eigenvalue weighted by Gasteiger charge is -2.31. The summed E-state index contributed by atoms with van der Waals surface area (Å²) >= 11 is 0. The van der Waals surface area contributed by atoms with Crippen LogP contribution in [0.2, 0.25) is 0 Å². The lowest BCUT2D eigenvalue weighted by molar-refractivity contribution is -0.115. The molecule has 1 aromatic carbocycles. The van der Waals surface area contributed by atoms with Crippen LogP contribution in [0.3, 0.4) is 0 Å². The first-order valence-electron chi connectivity index (χ1n) is 9.31. The zero-order chi connectivity index (χ0) is 17.0. The van der Waals surface area contributed by atoms with Crippen LogP contribution in [0.25, 0.3) is 0 Å². The van der Waals surface area contributed by atoms with E-state index in [1.807, 2.05) is 6.08 Å². The molecule has 0 aliphatic carbocycles. The van der Waals surface area contributed by atoms with Gasteiger partial charge in [0.25, 0.3) is 0 Å². The molecular formula is C21H31NO2. The van der Waals surface area contributed by atoms with Gasteiger partial charge in [-0.25, -0.2) is 0 Å². The second-order valence-electron chi connectivity index (χ2n) is 6.69. The number of allylic oxidation sites excluding steroid dienone is 1. The molecule has 132 valence electrons. The molecule has 1 heterocycles. The van der Waals surface area contributed by atoms with E-state index in [0.29, 0.717) is 18.9 Å². The molecule has 2 rings (SSSR count). The number of hydrogen-bond donors (Lipinski definition) is 0. The van der Waals surface area contributed by atoms with Crippen LogP contribution in [0.4, 0.5) is 0 Å². The van der Waals surface area contributed by atoms with Crippen LogP contribution in [0.15, 0.2) is 42.5 Å². The summed E-state index contributed by atoms with van der Waals surface area (Å²) in [5.41, 5.74) is 1.39. The van der Waals surface area contributed by atoms with Crippen LogP contribution in [0.5, 0.6) is 0 Å². The van der Waals surface area contributed by atoms with Gasteiger partial charge in [-0.2, -0.15) is 0 Å². The summed E-state index contributed by atoms with van der Waals surface area (Å²) in [5.74, 6) is 0.938. The van der Waals surface area contributed by atoms with Crippen LogP contribution in [0.1, 0.15) is 44.6 Å². The van der Waals surface area contributed by atoms with E-state index in [4.69, 9.17) is 4.74 Å². The number of hydrogen-bond acceptors (Lipinski definition) is 3. The van der Waals surface area contributed by atoms with Crippen LogP contribution in [-0.2, 0) is 16.1 Å². The highest BCUT2D eigenvalue weighted by molar-refractivity contribution is 5.89. The standard InChI is InChI=1S/C21H31NO2/c1-2-16-24-17-6-9-21(23)11-10-19-12-14-22(15-13-19)18-20-7-4-3-5-8-20/h3-9,19H,2,10-18H2,1H3/b9-6+. The van der Waals surface area contributed by atoms with Crippen LogP contribution >= 0.6 is 0 Å². The van der Waals surface area contributed by atoms with Gasteiger partial charge in [-0.1, -0.05) is 43.3 Å². The Morgan fingerprint density at radius 1 is 1.25 bits per heavy atom. The highest BCUT2D eigenvalue weighted by Crippen LogP contribution is 2.23. The third kappa shape index (κ3) is 7.41. The molecule has 3 heteroatoms. The molecule has 0 saturated carbocycles. The summed E-state index contributed by atoms with van der Waals surface area (Å²) < 4.78 is 5.34. The van der Waals surface area contributed by atoms with Gasteiger partial charge in [-0.05, 0) is 56.3 Å². The smallest absolute Gasteiger partial charge is 0.155 e. The fourth-order valence-electron chi connectivity index (χ4n) is 3.18. The van der Waals surface area contributed by atoms with Gasteiger partial charge in [0.15, 0.2) is 5.78 Å². The molecule has 0 radical (unpaired) electrons. The fraction of sp³-hybridized carbons (Fsp3) is 0.571. The van der Waals surface area contributed by atoms with Crippen molar-refractivity contribution in [2.75, 3.05) is 26.3 Å². The Morgan fingerprint density at radius 3 is 2.71 bits per heavy atom. The molecule has 3 nitrogen and oxygen atoms in total. The SMILES string of the molecule is CCCOC/C=C/C(=O)CCC1CCN(Cc2ccccc2)CC1. The first-order valence-corrected chi connectivity index (χ1v) is 9.31. The van der Waals surface area contributed by atoms with Gasteiger partial charge < -0.3 is 4.74 Å². The number of ketones is 1. The normalized spacial score (nSPS) is 16.7. The molecule has 0 aromatic heterocycles. The topological polar surface area (TPSA) is 29.5 Å². The maximum Gasteiger partial charge on any atom is 0.155 e. The summed E-state index contributed by atoms with van der Waals surface area (Å²) in [6, 6.07) is 10.7. The molecule has 24 heavy (non-hydrogen) atoms. The molecule has 1 aliphatic rings. The van der Waals surface area contributed by atoms with E-state index in [9.17, 15) is 4.79 Å². The molecule has 1 aromatic rings. The predicted octanol–water partition coefficient (Wildman–Crippen LogP) is 4.23. The molecule has 0 unspecified atom stereocenters. The molecule has 1 aliphatic heterocycles. The number of nitrogens with zero attached hydrogens (tertiary/aromatic N) is 1. The largest absolute Gasteiger partial charge is 0.377 e. The number of carbonyl (C=O) groups excluding carboxylic acids is 1. The Balaban J connectivity index is 1.58. The summed E-state index contributed by atoms with van der Waals surface area (Å²) in [7, 11) is 0. The second-order valence-corrected chi connectivity index (χ2v) is 6.69. The third-order valence-corrected chi connectivity index (χ3v) is 4.62. The van der Waals surface area contributed by atoms with Crippen LogP contribution in [-0.4, -0.2) is 37.0 Å². The van der Waals surface area contributed by atoms with Gasteiger partial charge >= 0.3 is 0 Å². The molecule has 0 spiro atoms. The van der Waals surface area contributed by atoms with Crippen molar-refractivity contribution in [3.63, 3.8) is 0 Å². The lowest BCUT2D eigenvalue weighted by Crippen LogP contribution is -2.33. The van der Waals surface area contributed by atoms with E-state index >= 15 is 0 Å². The van der Waals surface area contributed by atoms with E-state index < -0.39 is 0 Å². The van der Waals surface area contributed by atoms with Crippen molar-refractivity contribution in [1.29, 1.82) is 0 Å². The van der Waals surface area contributed by atoms with Crippen molar-refractivity contribution < 1.29 is 9.53 Å². The first kappa shape index (κ1) is 18.9. The molecule has 0 bridgehead atoms. The van der Waals surface area contributed by atoms with E-state index in [2.05, 4.69) is 42.2 Å². The predicted molar refractivity (Wildman–Crippen MR) is 98.9 cm³/mol. The van der Waals surface area contributed by atoms with Gasteiger partial charge in [-0.15, -0.1) is 0 Å². The van der Waals surface area contributed by atoms with Crippen molar-refractivity contribution in [3.05, 3.63) is 48.0 Å². The maximum absolute atomic E-state index is 11.9. The highest BCUT2D eigenvalue weighted by Gasteiger charge is 2.19. The zero-order valence-electron chi connectivity index (χ0n) is 15.0. The highest BCUT2D eigenvalue weighted by atomic mass is 16.5. The minimum absolute atomic E-state index is 0.238. The average Bonchev–Trinajstić information content (AvgIpc) is 2.62. The van der Waals surface area contributed by atoms with Crippen molar-refractivity contribution in [2.45, 2.75) is 45.6 Å².